The largest absolute Gasteiger partial charge is 0.486 e. The van der Waals surface area contributed by atoms with Gasteiger partial charge in [0, 0.05) is 37.4 Å². The van der Waals surface area contributed by atoms with Crippen LogP contribution in [0.4, 0.5) is 0 Å². The third-order valence-corrected chi connectivity index (χ3v) is 15.5. The van der Waals surface area contributed by atoms with Crippen LogP contribution < -0.4 is 4.40 Å². The number of hydrogen-bond donors (Lipinski definition) is 0. The van der Waals surface area contributed by atoms with Gasteiger partial charge in [-0.3, -0.25) is 0 Å². The first kappa shape index (κ1) is 44.0. The number of aromatic nitrogens is 3. The van der Waals surface area contributed by atoms with E-state index in [1.54, 1.807) is 4.40 Å². The molecule has 1 aliphatic carbocycles. The molecular weight excluding hydrogens is 923 g/mol. The van der Waals surface area contributed by atoms with E-state index in [2.05, 4.69) is 147 Å². The number of nitrogens with zero attached hydrogens (tertiary/aromatic N) is 3. The van der Waals surface area contributed by atoms with E-state index in [4.69, 9.17) is 19.4 Å². The summed E-state index contributed by atoms with van der Waals surface area (Å²) >= 11 is -1.91. The van der Waals surface area contributed by atoms with Gasteiger partial charge in [0.15, 0.2) is 0 Å². The maximum Gasteiger partial charge on any atom is 0.216 e. The molecule has 6 aromatic rings. The molecule has 0 amide bonds. The van der Waals surface area contributed by atoms with E-state index in [1.165, 1.54) is 47.9 Å². The molecular formula is C50H63GeIrN3O-2. The second-order valence-corrected chi connectivity index (χ2v) is 29.6. The molecule has 1 saturated carbocycles. The summed E-state index contributed by atoms with van der Waals surface area (Å²) in [6.45, 7) is 20.2. The standard InChI is InChI=1S/C28H31N2O.C22H32GeN.Ir/c1-17(2)24-16-29-26(15-20(24)14-19-8-5-6-9-19)23-11-7-10-21-22-12-13-25(18(3)4)30-28(22)31-27(21)23;1-16(2)12-18-14-21(24-15-20(18)23(6,7)8)17-10-9-11-19(13-17)22(3,4)5;/h7,10,12-13,15-19H,5-6,8-9,14H2,1-4H3;9,11,13-16H,12H2,1-8H3;/q2*-1;. The van der Waals surface area contributed by atoms with Crippen LogP contribution in [-0.2, 0) is 38.4 Å². The Hall–Kier alpha value is -3.12. The average molecular weight is 987 g/mol. The van der Waals surface area contributed by atoms with Gasteiger partial charge in [-0.05, 0) is 53.1 Å². The van der Waals surface area contributed by atoms with Crippen molar-refractivity contribution in [1.82, 2.24) is 15.0 Å². The second-order valence-electron chi connectivity index (χ2n) is 19.0. The molecule has 4 heterocycles. The zero-order valence-corrected chi connectivity index (χ0v) is 40.5. The molecule has 1 aliphatic rings. The van der Waals surface area contributed by atoms with Crippen molar-refractivity contribution in [3.8, 4) is 22.5 Å². The molecule has 4 nitrogen and oxygen atoms in total. The fraction of sp³-hybridized carbons (Fsp3) is 0.460. The summed E-state index contributed by atoms with van der Waals surface area (Å²) in [5.41, 5.74) is 12.4. The Labute approximate surface area is 353 Å². The predicted molar refractivity (Wildman–Crippen MR) is 236 cm³/mol. The van der Waals surface area contributed by atoms with Crippen LogP contribution in [0.5, 0.6) is 0 Å². The summed E-state index contributed by atoms with van der Waals surface area (Å²) in [6, 6.07) is 26.2. The fourth-order valence-electron chi connectivity index (χ4n) is 8.02. The van der Waals surface area contributed by atoms with Crippen LogP contribution in [0.1, 0.15) is 128 Å². The van der Waals surface area contributed by atoms with Gasteiger partial charge >= 0.3 is 151 Å². The number of pyridine rings is 3. The van der Waals surface area contributed by atoms with E-state index in [0.29, 0.717) is 23.5 Å². The van der Waals surface area contributed by atoms with E-state index in [0.717, 1.165) is 63.3 Å². The van der Waals surface area contributed by atoms with Gasteiger partial charge < -0.3 is 9.40 Å². The summed E-state index contributed by atoms with van der Waals surface area (Å²) in [6.07, 6.45) is 12.0. The van der Waals surface area contributed by atoms with E-state index >= 15 is 0 Å². The topological polar surface area (TPSA) is 51.8 Å². The van der Waals surface area contributed by atoms with Gasteiger partial charge in [-0.25, -0.2) is 4.98 Å². The van der Waals surface area contributed by atoms with Crippen molar-refractivity contribution in [2.24, 2.45) is 11.8 Å². The number of hydrogen-bond acceptors (Lipinski definition) is 4. The molecule has 2 aromatic carbocycles. The Morgan fingerprint density at radius 3 is 2.11 bits per heavy atom. The molecule has 1 radical (unpaired) electrons. The zero-order valence-electron chi connectivity index (χ0n) is 36.0. The molecule has 56 heavy (non-hydrogen) atoms. The van der Waals surface area contributed by atoms with Gasteiger partial charge in [-0.2, -0.15) is 0 Å². The maximum atomic E-state index is 6.30. The van der Waals surface area contributed by atoms with Gasteiger partial charge in [0.2, 0.25) is 5.71 Å². The molecule has 299 valence electrons. The molecule has 0 N–H and O–H groups in total. The van der Waals surface area contributed by atoms with Crippen molar-refractivity contribution < 1.29 is 24.5 Å². The van der Waals surface area contributed by atoms with Crippen molar-refractivity contribution in [1.29, 1.82) is 0 Å². The van der Waals surface area contributed by atoms with Crippen LogP contribution in [-0.4, -0.2) is 28.2 Å². The maximum absolute atomic E-state index is 6.30. The first-order chi connectivity index (χ1) is 26.0. The fourth-order valence-corrected chi connectivity index (χ4v) is 11.4. The van der Waals surface area contributed by atoms with Crippen molar-refractivity contribution >= 4 is 39.7 Å². The van der Waals surface area contributed by atoms with Crippen LogP contribution in [0.15, 0.2) is 71.4 Å². The molecule has 0 aliphatic heterocycles. The Bertz CT molecular complexity index is 2250. The average Bonchev–Trinajstić information content (AvgIpc) is 3.78. The monoisotopic (exact) mass is 988 g/mol. The Morgan fingerprint density at radius 1 is 0.786 bits per heavy atom. The van der Waals surface area contributed by atoms with Crippen LogP contribution in [0, 0.1) is 24.0 Å². The first-order valence-electron chi connectivity index (χ1n) is 20.7. The summed E-state index contributed by atoms with van der Waals surface area (Å²) in [7, 11) is 0. The minimum absolute atomic E-state index is 0. The minimum atomic E-state index is -1.91. The number of benzene rings is 2. The van der Waals surface area contributed by atoms with E-state index < -0.39 is 13.3 Å². The van der Waals surface area contributed by atoms with E-state index in [9.17, 15) is 0 Å². The van der Waals surface area contributed by atoms with Crippen LogP contribution in [0.2, 0.25) is 17.3 Å². The second kappa shape index (κ2) is 18.2. The molecule has 0 spiro atoms. The number of rotatable bonds is 9. The quantitative estimate of drug-likeness (QED) is 0.107. The SMILES string of the molecule is CC(C)Cc1cc(-c2[c-]ccc(C(C)(C)C)c2)nc[c]1[Ge]([CH3])([CH3])[CH3].CC(C)c1ccc2c(n1)oc1c(-c3cc(CC4CCCC4)c(C(C)C)cn3)[c-]ccc12.[Ir]. The third kappa shape index (κ3) is 10.3. The Balaban J connectivity index is 0.000000218. The third-order valence-electron chi connectivity index (χ3n) is 11.2. The number of furan rings is 1. The molecule has 1 fully saturated rings. The molecule has 4 aromatic heterocycles. The van der Waals surface area contributed by atoms with Gasteiger partial charge in [0.1, 0.15) is 0 Å². The molecule has 0 atom stereocenters. The smallest absolute Gasteiger partial charge is 0.216 e. The van der Waals surface area contributed by atoms with Crippen LogP contribution in [0.3, 0.4) is 0 Å². The molecule has 0 bridgehead atoms. The normalized spacial score (nSPS) is 13.8. The number of fused-ring (bicyclic) bond motifs is 3. The summed E-state index contributed by atoms with van der Waals surface area (Å²) in [4.78, 5) is 14.5. The molecule has 6 heteroatoms. The van der Waals surface area contributed by atoms with Gasteiger partial charge in [0.05, 0.1) is 5.58 Å². The molecule has 7 rings (SSSR count). The first-order valence-corrected chi connectivity index (χ1v) is 28.1. The van der Waals surface area contributed by atoms with Crippen molar-refractivity contribution in [3.63, 3.8) is 0 Å². The minimum Gasteiger partial charge on any atom is -0.486 e. The van der Waals surface area contributed by atoms with Crippen molar-refractivity contribution in [3.05, 3.63) is 107 Å². The van der Waals surface area contributed by atoms with E-state index in [-0.39, 0.29) is 25.5 Å². The van der Waals surface area contributed by atoms with Gasteiger partial charge in [-0.15, -0.1) is 18.2 Å². The van der Waals surface area contributed by atoms with Crippen molar-refractivity contribution in [2.75, 3.05) is 0 Å². The molecule has 0 saturated heterocycles. The van der Waals surface area contributed by atoms with E-state index in [1.807, 2.05) is 12.1 Å². The van der Waals surface area contributed by atoms with Gasteiger partial charge in [0.25, 0.3) is 0 Å². The summed E-state index contributed by atoms with van der Waals surface area (Å²) < 4.78 is 7.84. The van der Waals surface area contributed by atoms with Crippen LogP contribution >= 0.6 is 0 Å². The summed E-state index contributed by atoms with van der Waals surface area (Å²) in [5, 5.41) is 2.14. The van der Waals surface area contributed by atoms with Gasteiger partial charge in [-0.1, -0.05) is 70.4 Å². The summed E-state index contributed by atoms with van der Waals surface area (Å²) in [5.74, 6) is 9.66. The Morgan fingerprint density at radius 2 is 1.46 bits per heavy atom. The predicted octanol–water partition coefficient (Wildman–Crippen LogP) is 13.4. The Kier molecular flexibility index (Phi) is 14.3. The van der Waals surface area contributed by atoms with Crippen LogP contribution in [0.25, 0.3) is 44.6 Å². The van der Waals surface area contributed by atoms with Crippen molar-refractivity contribution in [2.45, 2.75) is 135 Å². The zero-order chi connectivity index (χ0) is 39.7. The molecule has 0 unspecified atom stereocenters.